The Bertz CT molecular complexity index is 1040. The first kappa shape index (κ1) is 25.2. The van der Waals surface area contributed by atoms with Crippen LogP contribution in [0.3, 0.4) is 0 Å². The summed E-state index contributed by atoms with van der Waals surface area (Å²) >= 11 is 2.24. The van der Waals surface area contributed by atoms with Crippen LogP contribution in [-0.4, -0.2) is 87.8 Å². The molecule has 15 heteroatoms. The van der Waals surface area contributed by atoms with Crippen LogP contribution in [0.5, 0.6) is 0 Å². The van der Waals surface area contributed by atoms with E-state index in [-0.39, 0.29) is 35.4 Å². The van der Waals surface area contributed by atoms with Crippen molar-refractivity contribution in [3.8, 4) is 0 Å². The Hall–Kier alpha value is -3.46. The monoisotopic (exact) mass is 511 g/mol. The highest BCUT2D eigenvalue weighted by Crippen LogP contribution is 2.42. The summed E-state index contributed by atoms with van der Waals surface area (Å²) in [6, 6.07) is -0.921. The van der Waals surface area contributed by atoms with Crippen molar-refractivity contribution in [3.05, 3.63) is 23.7 Å². The lowest BCUT2D eigenvalue weighted by Gasteiger charge is -2.53. The number of carbonyl (C=O) groups excluding carboxylic acids is 4. The van der Waals surface area contributed by atoms with Gasteiger partial charge in [0.2, 0.25) is 18.9 Å². The average molecular weight is 512 g/mol. The van der Waals surface area contributed by atoms with Gasteiger partial charge in [-0.25, -0.2) is 9.78 Å². The van der Waals surface area contributed by atoms with Gasteiger partial charge in [0.25, 0.3) is 5.91 Å². The third kappa shape index (κ3) is 5.04. The van der Waals surface area contributed by atoms with E-state index in [1.807, 2.05) is 0 Å². The number of carboxylic acids is 1. The first-order valence-corrected chi connectivity index (χ1v) is 11.8. The predicted molar refractivity (Wildman–Crippen MR) is 121 cm³/mol. The van der Waals surface area contributed by atoms with E-state index in [1.54, 1.807) is 6.92 Å². The summed E-state index contributed by atoms with van der Waals surface area (Å²) < 4.78 is 4.74. The average Bonchev–Trinajstić information content (AvgIpc) is 3.28. The van der Waals surface area contributed by atoms with E-state index in [9.17, 15) is 29.1 Å². The van der Waals surface area contributed by atoms with Gasteiger partial charge in [-0.2, -0.15) is 0 Å². The number of oxime groups is 1. The Kier molecular flexibility index (Phi) is 7.88. The summed E-state index contributed by atoms with van der Waals surface area (Å²) in [7, 11) is 0. The number of aliphatic carboxylic acids is 1. The van der Waals surface area contributed by atoms with Crippen LogP contribution in [0.1, 0.15) is 12.6 Å². The van der Waals surface area contributed by atoms with Gasteiger partial charge < -0.3 is 30.2 Å². The van der Waals surface area contributed by atoms with Crippen molar-refractivity contribution in [1.82, 2.24) is 15.2 Å². The van der Waals surface area contributed by atoms with Crippen molar-refractivity contribution in [2.75, 3.05) is 30.8 Å². The maximum atomic E-state index is 13.0. The summed E-state index contributed by atoms with van der Waals surface area (Å²) in [4.78, 5) is 69.8. The molecule has 0 saturated carbocycles. The molecule has 2 aliphatic rings. The summed E-state index contributed by atoms with van der Waals surface area (Å²) in [5.41, 5.74) is -1.54. The highest BCUT2D eigenvalue weighted by Gasteiger charge is 2.56. The summed E-state index contributed by atoms with van der Waals surface area (Å²) in [5, 5.41) is 19.3. The molecular weight excluding hydrogens is 490 g/mol. The minimum absolute atomic E-state index is 0.0483. The van der Waals surface area contributed by atoms with E-state index in [0.29, 0.717) is 6.41 Å². The zero-order chi connectivity index (χ0) is 24.9. The van der Waals surface area contributed by atoms with E-state index in [2.05, 4.69) is 27.4 Å². The topological polar surface area (TPSA) is 177 Å². The van der Waals surface area contributed by atoms with Gasteiger partial charge in [0.15, 0.2) is 10.8 Å². The third-order valence-corrected chi connectivity index (χ3v) is 7.32. The number of β-lactam (4-membered cyclic amide) rings is 1. The van der Waals surface area contributed by atoms with Crippen LogP contribution in [0.4, 0.5) is 5.13 Å². The molecule has 0 aliphatic carbocycles. The van der Waals surface area contributed by atoms with Crippen LogP contribution >= 0.6 is 23.1 Å². The van der Waals surface area contributed by atoms with Gasteiger partial charge in [-0.05, 0) is 6.92 Å². The van der Waals surface area contributed by atoms with Crippen LogP contribution in [0.2, 0.25) is 0 Å². The van der Waals surface area contributed by atoms with Gasteiger partial charge in [-0.3, -0.25) is 19.2 Å². The van der Waals surface area contributed by atoms with Crippen LogP contribution in [0.15, 0.2) is 23.2 Å². The van der Waals surface area contributed by atoms with Crippen molar-refractivity contribution in [3.63, 3.8) is 0 Å². The highest BCUT2D eigenvalue weighted by molar-refractivity contribution is 8.00. The molecule has 3 N–H and O–H groups in total. The highest BCUT2D eigenvalue weighted by atomic mass is 32.2. The molecule has 182 valence electrons. The first-order valence-electron chi connectivity index (χ1n) is 9.88. The van der Waals surface area contributed by atoms with E-state index >= 15 is 0 Å². The summed E-state index contributed by atoms with van der Waals surface area (Å²) in [5.74, 6) is -2.84. The van der Waals surface area contributed by atoms with E-state index < -0.39 is 47.2 Å². The van der Waals surface area contributed by atoms with E-state index in [4.69, 9.17) is 9.57 Å². The number of thioether (sulfide) groups is 1. The molecule has 3 atom stereocenters. The van der Waals surface area contributed by atoms with Gasteiger partial charge >= 0.3 is 11.9 Å². The number of hydrogen-bond acceptors (Lipinski definition) is 11. The number of fused-ring (bicyclic) bond motifs is 1. The molecule has 0 bridgehead atoms. The Morgan fingerprint density at radius 1 is 1.47 bits per heavy atom. The van der Waals surface area contributed by atoms with Gasteiger partial charge in [0, 0.05) is 17.7 Å². The second kappa shape index (κ2) is 10.6. The number of ether oxygens (including phenoxy) is 1. The Morgan fingerprint density at radius 3 is 2.88 bits per heavy atom. The maximum absolute atomic E-state index is 13.0. The second-order valence-corrected chi connectivity index (χ2v) is 9.07. The molecule has 2 saturated heterocycles. The minimum atomic E-state index is -1.26. The number of anilines is 1. The van der Waals surface area contributed by atoms with Gasteiger partial charge in [-0.15, -0.1) is 29.7 Å². The van der Waals surface area contributed by atoms with E-state index in [1.165, 1.54) is 28.1 Å². The molecule has 13 nitrogen and oxygen atoms in total. The fourth-order valence-corrected chi connectivity index (χ4v) is 5.39. The van der Waals surface area contributed by atoms with Crippen molar-refractivity contribution in [1.29, 1.82) is 0 Å². The lowest BCUT2D eigenvalue weighted by atomic mass is 9.87. The molecule has 2 aliphatic heterocycles. The predicted octanol–water partition coefficient (Wildman–Crippen LogP) is -0.348. The van der Waals surface area contributed by atoms with Gasteiger partial charge in [0.05, 0.1) is 6.61 Å². The van der Waals surface area contributed by atoms with Crippen molar-refractivity contribution >= 4 is 64.1 Å². The molecule has 0 spiro atoms. The molecule has 1 aromatic rings. The molecular formula is C19H21N5O8S2. The molecule has 1 aromatic heterocycles. The zero-order valence-electron chi connectivity index (χ0n) is 17.9. The molecule has 3 heterocycles. The SMILES string of the molecule is C=CC1(C(=O)O)CS[C@@H]2C(NC(=O)C(=NOCC(=O)OCC)c3csc(NC=O)n3)C(=O)N2C1. The molecule has 2 unspecified atom stereocenters. The number of nitrogens with zero attached hydrogens (tertiary/aromatic N) is 3. The molecule has 3 amide bonds. The maximum Gasteiger partial charge on any atom is 0.347 e. The lowest BCUT2D eigenvalue weighted by molar-refractivity contribution is -0.156. The van der Waals surface area contributed by atoms with Crippen molar-refractivity contribution in [2.24, 2.45) is 10.6 Å². The fraction of sp³-hybridized carbons (Fsp3) is 0.421. The number of rotatable bonds is 11. The van der Waals surface area contributed by atoms with E-state index in [0.717, 1.165) is 11.3 Å². The quantitative estimate of drug-likeness (QED) is 0.0889. The lowest BCUT2D eigenvalue weighted by Crippen LogP contribution is -2.73. The number of esters is 1. The van der Waals surface area contributed by atoms with Crippen LogP contribution in [0, 0.1) is 5.41 Å². The van der Waals surface area contributed by atoms with Crippen molar-refractivity contribution in [2.45, 2.75) is 18.3 Å². The zero-order valence-corrected chi connectivity index (χ0v) is 19.5. The molecule has 2 fully saturated rings. The standard InChI is InChI=1S/C19H21N5O8S2/c1-3-19(17(29)30)7-24-15(28)13(16(24)34-8-19)22-14(27)12(23-32-5-11(26)31-4-2)10-6-33-18(21-10)20-9-25/h3,6,9,13,16H,1,4-5,7-8H2,2H3,(H,22,27)(H,29,30)(H,20,21,25)/t13?,16-,19?/m1/s1. The van der Waals surface area contributed by atoms with Crippen LogP contribution in [-0.2, 0) is 33.5 Å². The van der Waals surface area contributed by atoms with Crippen LogP contribution < -0.4 is 10.6 Å². The minimum Gasteiger partial charge on any atom is -0.481 e. The summed E-state index contributed by atoms with van der Waals surface area (Å²) in [6.07, 6.45) is 1.73. The number of aromatic nitrogens is 1. The molecule has 34 heavy (non-hydrogen) atoms. The number of nitrogens with one attached hydrogen (secondary N) is 2. The molecule has 0 aromatic carbocycles. The third-order valence-electron chi connectivity index (χ3n) is 5.00. The number of carboxylic acid groups (broad SMARTS) is 1. The second-order valence-electron chi connectivity index (χ2n) is 7.10. The summed E-state index contributed by atoms with van der Waals surface area (Å²) in [6.45, 7) is 4.74. The number of hydrogen-bond donors (Lipinski definition) is 3. The number of amides is 3. The fourth-order valence-electron chi connectivity index (χ4n) is 3.20. The normalized spacial score (nSPS) is 23.7. The van der Waals surface area contributed by atoms with Gasteiger partial charge in [0.1, 0.15) is 22.5 Å². The van der Waals surface area contributed by atoms with Gasteiger partial charge in [-0.1, -0.05) is 11.2 Å². The number of carbonyl (C=O) groups is 5. The van der Waals surface area contributed by atoms with Crippen molar-refractivity contribution < 1.29 is 38.7 Å². The Labute approximate surface area is 201 Å². The van der Waals surface area contributed by atoms with Crippen LogP contribution in [0.25, 0.3) is 0 Å². The Morgan fingerprint density at radius 2 is 2.24 bits per heavy atom. The smallest absolute Gasteiger partial charge is 0.347 e. The largest absolute Gasteiger partial charge is 0.481 e. The number of thiazole rings is 1. The molecule has 0 radical (unpaired) electrons. The Balaban J connectivity index is 1.73. The molecule has 3 rings (SSSR count). The first-order chi connectivity index (χ1) is 16.3.